The van der Waals surface area contributed by atoms with E-state index in [2.05, 4.69) is 10.8 Å². The van der Waals surface area contributed by atoms with Crippen LogP contribution in [0.3, 0.4) is 0 Å². The van der Waals surface area contributed by atoms with Gasteiger partial charge in [-0.05, 0) is 31.7 Å². The van der Waals surface area contributed by atoms with Crippen LogP contribution in [0.25, 0.3) is 0 Å². The fourth-order valence-electron chi connectivity index (χ4n) is 1.51. The summed E-state index contributed by atoms with van der Waals surface area (Å²) in [5, 5.41) is 0. The first-order chi connectivity index (χ1) is 8.10. The van der Waals surface area contributed by atoms with Gasteiger partial charge in [-0.2, -0.15) is 0 Å². The molecule has 0 heterocycles. The van der Waals surface area contributed by atoms with Gasteiger partial charge in [-0.15, -0.1) is 6.42 Å². The molecule has 17 heavy (non-hydrogen) atoms. The largest absolute Gasteiger partial charge is 0.497 e. The van der Waals surface area contributed by atoms with Gasteiger partial charge in [-0.25, -0.2) is 0 Å². The third-order valence-corrected chi connectivity index (χ3v) is 2.75. The zero-order valence-electron chi connectivity index (χ0n) is 10.9. The van der Waals surface area contributed by atoms with Gasteiger partial charge in [0.15, 0.2) is 0 Å². The second-order valence-electron chi connectivity index (χ2n) is 3.98. The first-order valence-corrected chi connectivity index (χ1v) is 5.49. The summed E-state index contributed by atoms with van der Waals surface area (Å²) in [5.41, 5.74) is 1.12. The zero-order chi connectivity index (χ0) is 12.8. The van der Waals surface area contributed by atoms with Gasteiger partial charge in [0.25, 0.3) is 0 Å². The van der Waals surface area contributed by atoms with Crippen LogP contribution in [0, 0.1) is 12.3 Å². The van der Waals surface area contributed by atoms with Gasteiger partial charge in [0.1, 0.15) is 11.5 Å². The number of hydrogen-bond acceptors (Lipinski definition) is 3. The van der Waals surface area contributed by atoms with Crippen LogP contribution in [0.2, 0.25) is 0 Å². The molecule has 0 aliphatic heterocycles. The SMILES string of the molecule is C#C[C@H](C)N(C)Cc1cc(OC)cc(OC)c1. The molecular formula is C14H19NO2. The van der Waals surface area contributed by atoms with Crippen molar-refractivity contribution in [3.63, 3.8) is 0 Å². The molecule has 0 saturated heterocycles. The lowest BCUT2D eigenvalue weighted by atomic mass is 10.1. The monoisotopic (exact) mass is 233 g/mol. The Balaban J connectivity index is 2.87. The molecule has 0 spiro atoms. The van der Waals surface area contributed by atoms with Gasteiger partial charge in [-0.3, -0.25) is 4.90 Å². The Labute approximate surface area is 103 Å². The molecule has 1 aromatic carbocycles. The van der Waals surface area contributed by atoms with Crippen molar-refractivity contribution in [2.45, 2.75) is 19.5 Å². The van der Waals surface area contributed by atoms with E-state index in [9.17, 15) is 0 Å². The summed E-state index contributed by atoms with van der Waals surface area (Å²) in [7, 11) is 5.29. The summed E-state index contributed by atoms with van der Waals surface area (Å²) in [4.78, 5) is 2.09. The van der Waals surface area contributed by atoms with E-state index in [1.165, 1.54) is 0 Å². The summed E-state index contributed by atoms with van der Waals surface area (Å²) in [6, 6.07) is 5.94. The molecule has 0 aliphatic rings. The number of hydrogen-bond donors (Lipinski definition) is 0. The van der Waals surface area contributed by atoms with Gasteiger partial charge >= 0.3 is 0 Å². The average molecular weight is 233 g/mol. The second kappa shape index (κ2) is 6.17. The van der Waals surface area contributed by atoms with Crippen molar-refractivity contribution in [3.8, 4) is 23.8 Å². The number of nitrogens with zero attached hydrogens (tertiary/aromatic N) is 1. The summed E-state index contributed by atoms with van der Waals surface area (Å²) in [6.07, 6.45) is 5.40. The molecule has 0 amide bonds. The lowest BCUT2D eigenvalue weighted by Gasteiger charge is -2.20. The summed E-state index contributed by atoms with van der Waals surface area (Å²) in [6.45, 7) is 2.76. The Hall–Kier alpha value is -1.66. The highest BCUT2D eigenvalue weighted by molar-refractivity contribution is 5.38. The molecule has 0 unspecified atom stereocenters. The van der Waals surface area contributed by atoms with Gasteiger partial charge in [-0.1, -0.05) is 5.92 Å². The molecule has 0 aromatic heterocycles. The van der Waals surface area contributed by atoms with E-state index in [1.807, 2.05) is 32.2 Å². The maximum absolute atomic E-state index is 5.40. The Morgan fingerprint density at radius 1 is 1.24 bits per heavy atom. The van der Waals surface area contributed by atoms with Crippen molar-refractivity contribution < 1.29 is 9.47 Å². The number of benzene rings is 1. The van der Waals surface area contributed by atoms with Crippen LogP contribution in [0.5, 0.6) is 11.5 Å². The average Bonchev–Trinajstić information content (AvgIpc) is 2.36. The van der Waals surface area contributed by atoms with Crippen molar-refractivity contribution in [1.29, 1.82) is 0 Å². The lowest BCUT2D eigenvalue weighted by molar-refractivity contribution is 0.295. The molecule has 0 N–H and O–H groups in total. The summed E-state index contributed by atoms with van der Waals surface area (Å²) < 4.78 is 10.5. The molecule has 0 bridgehead atoms. The third kappa shape index (κ3) is 3.69. The van der Waals surface area contributed by atoms with Gasteiger partial charge in [0, 0.05) is 12.6 Å². The van der Waals surface area contributed by atoms with Crippen molar-refractivity contribution in [2.24, 2.45) is 0 Å². The van der Waals surface area contributed by atoms with Crippen LogP contribution in [0.15, 0.2) is 18.2 Å². The fourth-order valence-corrected chi connectivity index (χ4v) is 1.51. The zero-order valence-corrected chi connectivity index (χ0v) is 10.9. The van der Waals surface area contributed by atoms with Crippen molar-refractivity contribution in [2.75, 3.05) is 21.3 Å². The molecule has 3 heteroatoms. The molecule has 0 fully saturated rings. The number of terminal acetylenes is 1. The smallest absolute Gasteiger partial charge is 0.122 e. The number of rotatable bonds is 5. The molecule has 1 aromatic rings. The van der Waals surface area contributed by atoms with Crippen molar-refractivity contribution in [1.82, 2.24) is 4.90 Å². The van der Waals surface area contributed by atoms with Crippen LogP contribution in [0.1, 0.15) is 12.5 Å². The molecule has 1 rings (SSSR count). The van der Waals surface area contributed by atoms with E-state index >= 15 is 0 Å². The highest BCUT2D eigenvalue weighted by atomic mass is 16.5. The minimum atomic E-state index is 0.104. The molecule has 1 atom stereocenters. The molecule has 3 nitrogen and oxygen atoms in total. The van der Waals surface area contributed by atoms with E-state index < -0.39 is 0 Å². The lowest BCUT2D eigenvalue weighted by Crippen LogP contribution is -2.26. The van der Waals surface area contributed by atoms with E-state index in [0.29, 0.717) is 0 Å². The number of methoxy groups -OCH3 is 2. The molecule has 0 aliphatic carbocycles. The summed E-state index contributed by atoms with van der Waals surface area (Å²) >= 11 is 0. The van der Waals surface area contributed by atoms with Crippen molar-refractivity contribution >= 4 is 0 Å². The normalized spacial score (nSPS) is 12.0. The minimum Gasteiger partial charge on any atom is -0.497 e. The molecule has 0 saturated carbocycles. The van der Waals surface area contributed by atoms with E-state index in [1.54, 1.807) is 14.2 Å². The minimum absolute atomic E-state index is 0.104. The van der Waals surface area contributed by atoms with Crippen LogP contribution in [-0.2, 0) is 6.54 Å². The highest BCUT2D eigenvalue weighted by Crippen LogP contribution is 2.23. The highest BCUT2D eigenvalue weighted by Gasteiger charge is 2.08. The maximum atomic E-state index is 5.40. The van der Waals surface area contributed by atoms with E-state index in [4.69, 9.17) is 15.9 Å². The second-order valence-corrected chi connectivity index (χ2v) is 3.98. The number of ether oxygens (including phenoxy) is 2. The van der Waals surface area contributed by atoms with Crippen molar-refractivity contribution in [3.05, 3.63) is 23.8 Å². The van der Waals surface area contributed by atoms with Gasteiger partial charge in [0.05, 0.1) is 20.3 Å². The van der Waals surface area contributed by atoms with Gasteiger partial charge in [0.2, 0.25) is 0 Å². The first-order valence-electron chi connectivity index (χ1n) is 5.49. The third-order valence-electron chi connectivity index (χ3n) is 2.75. The fraction of sp³-hybridized carbons (Fsp3) is 0.429. The predicted octanol–water partition coefficient (Wildman–Crippen LogP) is 2.16. The topological polar surface area (TPSA) is 21.7 Å². The van der Waals surface area contributed by atoms with Crippen LogP contribution in [-0.4, -0.2) is 32.2 Å². The van der Waals surface area contributed by atoms with Crippen LogP contribution in [0.4, 0.5) is 0 Å². The van der Waals surface area contributed by atoms with Gasteiger partial charge < -0.3 is 9.47 Å². The molecular weight excluding hydrogens is 214 g/mol. The first kappa shape index (κ1) is 13.4. The quantitative estimate of drug-likeness (QED) is 0.727. The molecule has 92 valence electrons. The molecule has 0 radical (unpaired) electrons. The Kier molecular flexibility index (Phi) is 4.86. The van der Waals surface area contributed by atoms with E-state index in [0.717, 1.165) is 23.6 Å². The predicted molar refractivity (Wildman–Crippen MR) is 69.3 cm³/mol. The Bertz CT molecular complexity index is 387. The van der Waals surface area contributed by atoms with E-state index in [-0.39, 0.29) is 6.04 Å². The summed E-state index contributed by atoms with van der Waals surface area (Å²) in [5.74, 6) is 4.29. The maximum Gasteiger partial charge on any atom is 0.122 e. The standard InChI is InChI=1S/C14H19NO2/c1-6-11(2)15(3)10-12-7-13(16-4)9-14(8-12)17-5/h1,7-9,11H,10H2,2-5H3/t11-/m0/s1. The van der Waals surface area contributed by atoms with Crippen LogP contribution < -0.4 is 9.47 Å². The Morgan fingerprint density at radius 3 is 2.18 bits per heavy atom. The Morgan fingerprint density at radius 2 is 1.76 bits per heavy atom. The van der Waals surface area contributed by atoms with Crippen LogP contribution >= 0.6 is 0 Å².